The quantitative estimate of drug-likeness (QED) is 0.708. The predicted octanol–water partition coefficient (Wildman–Crippen LogP) is 0.870. The summed E-state index contributed by atoms with van der Waals surface area (Å²) in [6, 6.07) is 4.58. The maximum Gasteiger partial charge on any atom is 0.225 e. The SMILES string of the molecule is CC(Cc1ccc(O)c(O)c1)C(=O)N1CCC(O)C1. The number of likely N-dealkylation sites (tertiary alicyclic amines) is 1. The van der Waals surface area contributed by atoms with E-state index >= 15 is 0 Å². The van der Waals surface area contributed by atoms with Crippen LogP contribution in [0.1, 0.15) is 18.9 Å². The number of carbonyl (C=O) groups excluding carboxylic acids is 1. The van der Waals surface area contributed by atoms with Crippen molar-refractivity contribution in [1.29, 1.82) is 0 Å². The highest BCUT2D eigenvalue weighted by Gasteiger charge is 2.27. The standard InChI is InChI=1S/C14H19NO4/c1-9(14(19)15-5-4-11(16)8-15)6-10-2-3-12(17)13(18)7-10/h2-3,7,9,11,16-18H,4-6,8H2,1H3. The van der Waals surface area contributed by atoms with Gasteiger partial charge in [0.05, 0.1) is 6.10 Å². The molecule has 0 bridgehead atoms. The summed E-state index contributed by atoms with van der Waals surface area (Å²) in [5.41, 5.74) is 0.802. The van der Waals surface area contributed by atoms with Crippen LogP contribution in [0.3, 0.4) is 0 Å². The monoisotopic (exact) mass is 265 g/mol. The first-order valence-corrected chi connectivity index (χ1v) is 6.45. The van der Waals surface area contributed by atoms with Crippen LogP contribution in [0.2, 0.25) is 0 Å². The van der Waals surface area contributed by atoms with Gasteiger partial charge in [0.2, 0.25) is 5.91 Å². The van der Waals surface area contributed by atoms with Crippen molar-refractivity contribution in [2.45, 2.75) is 25.9 Å². The maximum atomic E-state index is 12.2. The summed E-state index contributed by atoms with van der Waals surface area (Å²) in [5.74, 6) is -0.530. The van der Waals surface area contributed by atoms with E-state index in [1.165, 1.54) is 12.1 Å². The summed E-state index contributed by atoms with van der Waals surface area (Å²) in [6.45, 7) is 2.84. The van der Waals surface area contributed by atoms with Crippen LogP contribution in [0, 0.1) is 5.92 Å². The molecule has 0 radical (unpaired) electrons. The largest absolute Gasteiger partial charge is 0.504 e. The number of aliphatic hydroxyl groups is 1. The third kappa shape index (κ3) is 3.17. The van der Waals surface area contributed by atoms with Crippen molar-refractivity contribution in [3.63, 3.8) is 0 Å². The minimum Gasteiger partial charge on any atom is -0.504 e. The van der Waals surface area contributed by atoms with Crippen molar-refractivity contribution in [3.8, 4) is 11.5 Å². The number of phenols is 2. The van der Waals surface area contributed by atoms with Crippen molar-refractivity contribution in [3.05, 3.63) is 23.8 Å². The Kier molecular flexibility index (Phi) is 3.95. The van der Waals surface area contributed by atoms with Crippen molar-refractivity contribution in [2.75, 3.05) is 13.1 Å². The Bertz CT molecular complexity index is 475. The molecule has 5 heteroatoms. The molecule has 1 aromatic rings. The van der Waals surface area contributed by atoms with E-state index in [0.717, 1.165) is 5.56 Å². The summed E-state index contributed by atoms with van der Waals surface area (Å²) in [5, 5.41) is 28.1. The first-order chi connectivity index (χ1) is 8.97. The molecule has 1 saturated heterocycles. The molecular formula is C14H19NO4. The van der Waals surface area contributed by atoms with E-state index < -0.39 is 6.10 Å². The second kappa shape index (κ2) is 5.48. The zero-order chi connectivity index (χ0) is 14.0. The molecule has 1 aliphatic rings. The zero-order valence-corrected chi connectivity index (χ0v) is 10.9. The number of amides is 1. The summed E-state index contributed by atoms with van der Waals surface area (Å²) < 4.78 is 0. The smallest absolute Gasteiger partial charge is 0.225 e. The van der Waals surface area contributed by atoms with Gasteiger partial charge in [-0.15, -0.1) is 0 Å². The van der Waals surface area contributed by atoms with Gasteiger partial charge in [-0.05, 0) is 30.5 Å². The third-order valence-corrected chi connectivity index (χ3v) is 3.48. The summed E-state index contributed by atoms with van der Waals surface area (Å²) in [6.07, 6.45) is 0.728. The second-order valence-electron chi connectivity index (χ2n) is 5.15. The molecule has 1 heterocycles. The van der Waals surface area contributed by atoms with Crippen LogP contribution in [0.25, 0.3) is 0 Å². The van der Waals surface area contributed by atoms with Crippen molar-refractivity contribution in [2.24, 2.45) is 5.92 Å². The highest BCUT2D eigenvalue weighted by molar-refractivity contribution is 5.79. The van der Waals surface area contributed by atoms with Gasteiger partial charge in [0.25, 0.3) is 0 Å². The molecule has 0 aliphatic carbocycles. The Morgan fingerprint density at radius 2 is 2.16 bits per heavy atom. The summed E-state index contributed by atoms with van der Waals surface area (Å²) >= 11 is 0. The Hall–Kier alpha value is -1.75. The van der Waals surface area contributed by atoms with Gasteiger partial charge in [-0.3, -0.25) is 4.79 Å². The Morgan fingerprint density at radius 1 is 1.42 bits per heavy atom. The van der Waals surface area contributed by atoms with E-state index in [1.54, 1.807) is 11.0 Å². The molecule has 0 aromatic heterocycles. The van der Waals surface area contributed by atoms with Crippen molar-refractivity contribution in [1.82, 2.24) is 4.90 Å². The highest BCUT2D eigenvalue weighted by Crippen LogP contribution is 2.26. The third-order valence-electron chi connectivity index (χ3n) is 3.48. The second-order valence-corrected chi connectivity index (χ2v) is 5.15. The number of aromatic hydroxyl groups is 2. The van der Waals surface area contributed by atoms with Crippen LogP contribution in [-0.2, 0) is 11.2 Å². The molecule has 2 rings (SSSR count). The van der Waals surface area contributed by atoms with Gasteiger partial charge in [-0.1, -0.05) is 13.0 Å². The molecule has 1 amide bonds. The van der Waals surface area contributed by atoms with Crippen LogP contribution >= 0.6 is 0 Å². The average molecular weight is 265 g/mol. The average Bonchev–Trinajstić information content (AvgIpc) is 2.79. The number of hydrogen-bond acceptors (Lipinski definition) is 4. The van der Waals surface area contributed by atoms with E-state index in [9.17, 15) is 20.1 Å². The predicted molar refractivity (Wildman–Crippen MR) is 69.8 cm³/mol. The van der Waals surface area contributed by atoms with E-state index in [-0.39, 0.29) is 23.3 Å². The fourth-order valence-corrected chi connectivity index (χ4v) is 2.39. The molecule has 1 fully saturated rings. The van der Waals surface area contributed by atoms with Crippen LogP contribution in [0.4, 0.5) is 0 Å². The lowest BCUT2D eigenvalue weighted by Crippen LogP contribution is -2.34. The fourth-order valence-electron chi connectivity index (χ4n) is 2.39. The minimum absolute atomic E-state index is 0.0177. The van der Waals surface area contributed by atoms with Gasteiger partial charge in [0, 0.05) is 19.0 Å². The van der Waals surface area contributed by atoms with Gasteiger partial charge in [-0.2, -0.15) is 0 Å². The number of hydrogen-bond donors (Lipinski definition) is 3. The molecule has 2 unspecified atom stereocenters. The number of nitrogens with zero attached hydrogens (tertiary/aromatic N) is 1. The minimum atomic E-state index is -0.408. The van der Waals surface area contributed by atoms with Gasteiger partial charge in [0.15, 0.2) is 11.5 Å². The first kappa shape index (κ1) is 13.7. The Balaban J connectivity index is 1.98. The molecule has 0 saturated carbocycles. The number of β-amino-alcohol motifs (C(OH)–C–C–N with tert-alkyl or cyclic N) is 1. The van der Waals surface area contributed by atoms with Crippen LogP contribution in [0.5, 0.6) is 11.5 Å². The van der Waals surface area contributed by atoms with Crippen LogP contribution in [0.15, 0.2) is 18.2 Å². The van der Waals surface area contributed by atoms with E-state index in [4.69, 9.17) is 0 Å². The number of rotatable bonds is 3. The molecule has 1 aliphatic heterocycles. The maximum absolute atomic E-state index is 12.2. The fraction of sp³-hybridized carbons (Fsp3) is 0.500. The summed E-state index contributed by atoms with van der Waals surface area (Å²) in [4.78, 5) is 13.8. The van der Waals surface area contributed by atoms with Gasteiger partial charge in [0.1, 0.15) is 0 Å². The van der Waals surface area contributed by atoms with E-state index in [0.29, 0.717) is 25.9 Å². The van der Waals surface area contributed by atoms with E-state index in [2.05, 4.69) is 0 Å². The summed E-state index contributed by atoms with van der Waals surface area (Å²) in [7, 11) is 0. The number of phenolic OH excluding ortho intramolecular Hbond substituents is 2. The van der Waals surface area contributed by atoms with Crippen molar-refractivity contribution >= 4 is 5.91 Å². The normalized spacial score (nSPS) is 20.5. The van der Waals surface area contributed by atoms with Gasteiger partial charge in [-0.25, -0.2) is 0 Å². The molecule has 19 heavy (non-hydrogen) atoms. The molecule has 5 nitrogen and oxygen atoms in total. The molecule has 3 N–H and O–H groups in total. The molecule has 2 atom stereocenters. The lowest BCUT2D eigenvalue weighted by atomic mass is 9.99. The van der Waals surface area contributed by atoms with Gasteiger partial charge >= 0.3 is 0 Å². The number of aliphatic hydroxyl groups excluding tert-OH is 1. The topological polar surface area (TPSA) is 81.0 Å². The van der Waals surface area contributed by atoms with Gasteiger partial charge < -0.3 is 20.2 Å². The number of carbonyl (C=O) groups is 1. The first-order valence-electron chi connectivity index (χ1n) is 6.45. The zero-order valence-electron chi connectivity index (χ0n) is 10.9. The lowest BCUT2D eigenvalue weighted by Gasteiger charge is -2.20. The number of benzene rings is 1. The molecular weight excluding hydrogens is 246 g/mol. The Morgan fingerprint density at radius 3 is 2.74 bits per heavy atom. The highest BCUT2D eigenvalue weighted by atomic mass is 16.3. The molecule has 0 spiro atoms. The molecule has 1 aromatic carbocycles. The Labute approximate surface area is 112 Å². The lowest BCUT2D eigenvalue weighted by molar-refractivity contribution is -0.134. The molecule has 104 valence electrons. The van der Waals surface area contributed by atoms with E-state index in [1.807, 2.05) is 6.92 Å². The van der Waals surface area contributed by atoms with Crippen LogP contribution < -0.4 is 0 Å². The van der Waals surface area contributed by atoms with Crippen molar-refractivity contribution < 1.29 is 20.1 Å². The van der Waals surface area contributed by atoms with Crippen LogP contribution in [-0.4, -0.2) is 45.3 Å².